The number of hydrogen-bond donors (Lipinski definition) is 2. The molecule has 0 radical (unpaired) electrons. The van der Waals surface area contributed by atoms with Crippen molar-refractivity contribution in [3.05, 3.63) is 0 Å². The number of aliphatic carboxylic acids is 1. The first-order valence-electron chi connectivity index (χ1n) is 6.81. The van der Waals surface area contributed by atoms with Crippen molar-refractivity contribution in [2.45, 2.75) is 47.0 Å². The standard InChI is InChI=1S/C14H25NO4/c1-5-10(4)11(14(18)19)8-13(17)15-7-6-12(16)9(2)3/h9-11H,5-8H2,1-4H3,(H,15,17)(H,18,19). The van der Waals surface area contributed by atoms with Crippen LogP contribution in [0, 0.1) is 17.8 Å². The number of hydrogen-bond acceptors (Lipinski definition) is 3. The van der Waals surface area contributed by atoms with Crippen molar-refractivity contribution in [2.75, 3.05) is 6.54 Å². The van der Waals surface area contributed by atoms with Gasteiger partial charge in [0, 0.05) is 25.3 Å². The Kier molecular flexibility index (Phi) is 8.03. The van der Waals surface area contributed by atoms with Gasteiger partial charge in [-0.3, -0.25) is 14.4 Å². The Hall–Kier alpha value is -1.39. The molecule has 0 fully saturated rings. The van der Waals surface area contributed by atoms with Crippen LogP contribution in [0.4, 0.5) is 0 Å². The molecule has 0 aliphatic rings. The maximum atomic E-state index is 11.6. The largest absolute Gasteiger partial charge is 0.481 e. The molecule has 1 amide bonds. The first kappa shape index (κ1) is 17.6. The van der Waals surface area contributed by atoms with Crippen molar-refractivity contribution in [1.82, 2.24) is 5.32 Å². The Balaban J connectivity index is 4.14. The number of ketones is 1. The molecule has 2 unspecified atom stereocenters. The molecule has 0 aromatic heterocycles. The highest BCUT2D eigenvalue weighted by Crippen LogP contribution is 2.19. The van der Waals surface area contributed by atoms with Gasteiger partial charge in [-0.1, -0.05) is 34.1 Å². The average Bonchev–Trinajstić information content (AvgIpc) is 2.34. The van der Waals surface area contributed by atoms with E-state index >= 15 is 0 Å². The summed E-state index contributed by atoms with van der Waals surface area (Å²) in [5, 5.41) is 11.7. The molecule has 0 aliphatic carbocycles. The van der Waals surface area contributed by atoms with E-state index in [0.29, 0.717) is 6.42 Å². The van der Waals surface area contributed by atoms with Gasteiger partial charge in [0.2, 0.25) is 5.91 Å². The summed E-state index contributed by atoms with van der Waals surface area (Å²) in [4.78, 5) is 34.1. The van der Waals surface area contributed by atoms with Crippen molar-refractivity contribution in [1.29, 1.82) is 0 Å². The number of nitrogens with one attached hydrogen (secondary N) is 1. The zero-order valence-electron chi connectivity index (χ0n) is 12.2. The lowest BCUT2D eigenvalue weighted by Crippen LogP contribution is -2.32. The Morgan fingerprint density at radius 3 is 2.16 bits per heavy atom. The molecule has 0 aromatic rings. The number of carbonyl (C=O) groups is 3. The number of carboxylic acids is 1. The highest BCUT2D eigenvalue weighted by molar-refractivity contribution is 5.84. The van der Waals surface area contributed by atoms with E-state index in [-0.39, 0.29) is 36.5 Å². The molecular weight excluding hydrogens is 246 g/mol. The fourth-order valence-corrected chi connectivity index (χ4v) is 1.70. The van der Waals surface area contributed by atoms with Crippen LogP contribution in [0.15, 0.2) is 0 Å². The second-order valence-corrected chi connectivity index (χ2v) is 5.26. The highest BCUT2D eigenvalue weighted by Gasteiger charge is 2.26. The van der Waals surface area contributed by atoms with Crippen LogP contribution in [0.25, 0.3) is 0 Å². The van der Waals surface area contributed by atoms with Gasteiger partial charge in [-0.25, -0.2) is 0 Å². The smallest absolute Gasteiger partial charge is 0.307 e. The molecule has 5 nitrogen and oxygen atoms in total. The van der Waals surface area contributed by atoms with Gasteiger partial charge in [-0.05, 0) is 5.92 Å². The van der Waals surface area contributed by atoms with Gasteiger partial charge in [0.25, 0.3) is 0 Å². The predicted molar refractivity (Wildman–Crippen MR) is 72.7 cm³/mol. The lowest BCUT2D eigenvalue weighted by atomic mass is 9.89. The number of Topliss-reactive ketones (excluding diaryl/α,β-unsaturated/α-hetero) is 1. The fourth-order valence-electron chi connectivity index (χ4n) is 1.70. The molecule has 19 heavy (non-hydrogen) atoms. The summed E-state index contributed by atoms with van der Waals surface area (Å²) in [6.45, 7) is 7.64. The minimum Gasteiger partial charge on any atom is -0.481 e. The van der Waals surface area contributed by atoms with E-state index in [9.17, 15) is 14.4 Å². The van der Waals surface area contributed by atoms with Crippen molar-refractivity contribution < 1.29 is 19.5 Å². The third kappa shape index (κ3) is 6.94. The van der Waals surface area contributed by atoms with E-state index in [1.807, 2.05) is 27.7 Å². The van der Waals surface area contributed by atoms with E-state index in [1.165, 1.54) is 0 Å². The van der Waals surface area contributed by atoms with Crippen LogP contribution in [0.2, 0.25) is 0 Å². The first-order chi connectivity index (χ1) is 8.79. The summed E-state index contributed by atoms with van der Waals surface area (Å²) >= 11 is 0. The zero-order valence-corrected chi connectivity index (χ0v) is 12.2. The van der Waals surface area contributed by atoms with Gasteiger partial charge in [0.1, 0.15) is 5.78 Å². The first-order valence-corrected chi connectivity index (χ1v) is 6.81. The molecule has 110 valence electrons. The van der Waals surface area contributed by atoms with Gasteiger partial charge in [0.15, 0.2) is 0 Å². The number of amides is 1. The molecule has 0 saturated heterocycles. The van der Waals surface area contributed by atoms with Gasteiger partial charge >= 0.3 is 5.97 Å². The minimum absolute atomic E-state index is 0.0276. The molecule has 0 heterocycles. The monoisotopic (exact) mass is 271 g/mol. The molecule has 0 bridgehead atoms. The lowest BCUT2D eigenvalue weighted by molar-refractivity contribution is -0.146. The molecule has 0 rings (SSSR count). The summed E-state index contributed by atoms with van der Waals surface area (Å²) in [5.41, 5.74) is 0. The highest BCUT2D eigenvalue weighted by atomic mass is 16.4. The van der Waals surface area contributed by atoms with Gasteiger partial charge in [-0.2, -0.15) is 0 Å². The second-order valence-electron chi connectivity index (χ2n) is 5.26. The van der Waals surface area contributed by atoms with Crippen LogP contribution in [-0.2, 0) is 14.4 Å². The second kappa shape index (κ2) is 8.67. The average molecular weight is 271 g/mol. The topological polar surface area (TPSA) is 83.5 Å². The normalized spacial score (nSPS) is 13.9. The Morgan fingerprint density at radius 2 is 1.74 bits per heavy atom. The van der Waals surface area contributed by atoms with Crippen LogP contribution in [-0.4, -0.2) is 29.3 Å². The summed E-state index contributed by atoms with van der Waals surface area (Å²) in [5.74, 6) is -1.89. The van der Waals surface area contributed by atoms with E-state index < -0.39 is 11.9 Å². The van der Waals surface area contributed by atoms with Crippen LogP contribution >= 0.6 is 0 Å². The van der Waals surface area contributed by atoms with Crippen LogP contribution in [0.3, 0.4) is 0 Å². The Labute approximate surface area is 114 Å². The van der Waals surface area contributed by atoms with Crippen molar-refractivity contribution >= 4 is 17.7 Å². The molecule has 5 heteroatoms. The Morgan fingerprint density at radius 1 is 1.16 bits per heavy atom. The molecule has 0 spiro atoms. The Bertz CT molecular complexity index is 325. The zero-order chi connectivity index (χ0) is 15.0. The summed E-state index contributed by atoms with van der Waals surface area (Å²) in [7, 11) is 0. The van der Waals surface area contributed by atoms with E-state index in [0.717, 1.165) is 6.42 Å². The number of rotatable bonds is 9. The van der Waals surface area contributed by atoms with Gasteiger partial charge in [0.05, 0.1) is 5.92 Å². The maximum absolute atomic E-state index is 11.6. The third-order valence-electron chi connectivity index (χ3n) is 3.39. The van der Waals surface area contributed by atoms with Crippen LogP contribution in [0.5, 0.6) is 0 Å². The van der Waals surface area contributed by atoms with Crippen molar-refractivity contribution in [3.63, 3.8) is 0 Å². The van der Waals surface area contributed by atoms with Crippen LogP contribution in [0.1, 0.15) is 47.0 Å². The SMILES string of the molecule is CCC(C)C(CC(=O)NCCC(=O)C(C)C)C(=O)O. The number of carbonyl (C=O) groups excluding carboxylic acids is 2. The van der Waals surface area contributed by atoms with Crippen molar-refractivity contribution in [3.8, 4) is 0 Å². The number of carboxylic acid groups (broad SMARTS) is 1. The summed E-state index contributed by atoms with van der Waals surface area (Å²) in [6, 6.07) is 0. The summed E-state index contributed by atoms with van der Waals surface area (Å²) in [6.07, 6.45) is 0.987. The van der Waals surface area contributed by atoms with E-state index in [1.54, 1.807) is 0 Å². The van der Waals surface area contributed by atoms with E-state index in [4.69, 9.17) is 5.11 Å². The maximum Gasteiger partial charge on any atom is 0.307 e. The molecule has 2 N–H and O–H groups in total. The predicted octanol–water partition coefficient (Wildman–Crippen LogP) is 1.85. The summed E-state index contributed by atoms with van der Waals surface area (Å²) < 4.78 is 0. The molecule has 0 saturated carbocycles. The van der Waals surface area contributed by atoms with Gasteiger partial charge in [-0.15, -0.1) is 0 Å². The molecule has 2 atom stereocenters. The fraction of sp³-hybridized carbons (Fsp3) is 0.786. The lowest BCUT2D eigenvalue weighted by Gasteiger charge is -2.18. The van der Waals surface area contributed by atoms with Gasteiger partial charge < -0.3 is 10.4 Å². The third-order valence-corrected chi connectivity index (χ3v) is 3.39. The molecule has 0 aromatic carbocycles. The quantitative estimate of drug-likeness (QED) is 0.670. The minimum atomic E-state index is -0.942. The molecule has 0 aliphatic heterocycles. The van der Waals surface area contributed by atoms with Crippen LogP contribution < -0.4 is 5.32 Å². The van der Waals surface area contributed by atoms with E-state index in [2.05, 4.69) is 5.32 Å². The molecular formula is C14H25NO4. The van der Waals surface area contributed by atoms with Crippen molar-refractivity contribution in [2.24, 2.45) is 17.8 Å².